The number of benzene rings is 1. The molecule has 2 aromatic rings. The van der Waals surface area contributed by atoms with Crippen molar-refractivity contribution >= 4 is 17.2 Å². The Morgan fingerprint density at radius 2 is 1.78 bits per heavy atom. The molecule has 1 aromatic carbocycles. The smallest absolute Gasteiger partial charge is 0.234 e. The standard InChI is InChI=1S/C21H30N4OS/c1-16(2)17(3)22-20(26)14-25-11-9-24(10-12-25)13-19-15-27-21(23-19)18-7-5-4-6-8-18/h4-8,15-17H,9-14H2,1-3H3,(H,22,26). The molecule has 3 rings (SSSR count). The molecular weight excluding hydrogens is 356 g/mol. The van der Waals surface area contributed by atoms with Crippen LogP contribution >= 0.6 is 11.3 Å². The third-order valence-corrected chi connectivity index (χ3v) is 6.12. The molecule has 0 bridgehead atoms. The molecule has 1 aliphatic heterocycles. The fourth-order valence-corrected chi connectivity index (χ4v) is 3.91. The van der Waals surface area contributed by atoms with E-state index in [1.165, 1.54) is 5.56 Å². The molecule has 1 N–H and O–H groups in total. The molecule has 1 amide bonds. The van der Waals surface area contributed by atoms with Crippen LogP contribution in [0.15, 0.2) is 35.7 Å². The van der Waals surface area contributed by atoms with E-state index in [-0.39, 0.29) is 11.9 Å². The van der Waals surface area contributed by atoms with Crippen LogP contribution in [0.1, 0.15) is 26.5 Å². The first-order valence-corrected chi connectivity index (χ1v) is 10.6. The van der Waals surface area contributed by atoms with E-state index in [0.29, 0.717) is 12.5 Å². The maximum Gasteiger partial charge on any atom is 0.234 e. The summed E-state index contributed by atoms with van der Waals surface area (Å²) >= 11 is 1.71. The molecule has 1 aliphatic rings. The number of hydrogen-bond acceptors (Lipinski definition) is 5. The first-order valence-electron chi connectivity index (χ1n) is 9.75. The van der Waals surface area contributed by atoms with Crippen molar-refractivity contribution in [3.8, 4) is 10.6 Å². The molecule has 0 radical (unpaired) electrons. The quantitative estimate of drug-likeness (QED) is 0.794. The number of nitrogens with zero attached hydrogens (tertiary/aromatic N) is 3. The maximum absolute atomic E-state index is 12.2. The Labute approximate surface area is 166 Å². The van der Waals surface area contributed by atoms with Crippen molar-refractivity contribution < 1.29 is 4.79 Å². The molecule has 0 aliphatic carbocycles. The second-order valence-electron chi connectivity index (χ2n) is 7.66. The minimum absolute atomic E-state index is 0.136. The van der Waals surface area contributed by atoms with Gasteiger partial charge in [-0.05, 0) is 12.8 Å². The Kier molecular flexibility index (Phi) is 6.99. The molecule has 1 aromatic heterocycles. The van der Waals surface area contributed by atoms with Crippen molar-refractivity contribution in [1.82, 2.24) is 20.1 Å². The van der Waals surface area contributed by atoms with Gasteiger partial charge in [0.05, 0.1) is 12.2 Å². The SMILES string of the molecule is CC(C)C(C)NC(=O)CN1CCN(Cc2csc(-c3ccccc3)n2)CC1. The summed E-state index contributed by atoms with van der Waals surface area (Å²) in [5.74, 6) is 0.598. The number of carbonyl (C=O) groups excluding carboxylic acids is 1. The summed E-state index contributed by atoms with van der Waals surface area (Å²) in [7, 11) is 0. The highest BCUT2D eigenvalue weighted by Gasteiger charge is 2.20. The van der Waals surface area contributed by atoms with E-state index < -0.39 is 0 Å². The number of rotatable bonds is 7. The van der Waals surface area contributed by atoms with Gasteiger partial charge in [-0.2, -0.15) is 0 Å². The lowest BCUT2D eigenvalue weighted by Gasteiger charge is -2.34. The maximum atomic E-state index is 12.2. The summed E-state index contributed by atoms with van der Waals surface area (Å²) in [6.45, 7) is 11.5. The lowest BCUT2D eigenvalue weighted by molar-refractivity contribution is -0.123. The Morgan fingerprint density at radius 1 is 1.11 bits per heavy atom. The topological polar surface area (TPSA) is 48.5 Å². The highest BCUT2D eigenvalue weighted by molar-refractivity contribution is 7.13. The van der Waals surface area contributed by atoms with Gasteiger partial charge in [-0.1, -0.05) is 44.2 Å². The van der Waals surface area contributed by atoms with Crippen molar-refractivity contribution in [2.24, 2.45) is 5.92 Å². The molecule has 1 atom stereocenters. The van der Waals surface area contributed by atoms with E-state index in [1.54, 1.807) is 11.3 Å². The minimum atomic E-state index is 0.136. The monoisotopic (exact) mass is 386 g/mol. The second kappa shape index (κ2) is 9.44. The average Bonchev–Trinajstić information content (AvgIpc) is 3.12. The fraction of sp³-hybridized carbons (Fsp3) is 0.524. The Balaban J connectivity index is 1.43. The number of hydrogen-bond donors (Lipinski definition) is 1. The van der Waals surface area contributed by atoms with Gasteiger partial charge in [0, 0.05) is 49.7 Å². The van der Waals surface area contributed by atoms with Crippen molar-refractivity contribution in [3.63, 3.8) is 0 Å². The highest BCUT2D eigenvalue weighted by atomic mass is 32.1. The molecule has 2 heterocycles. The van der Waals surface area contributed by atoms with Gasteiger partial charge in [-0.25, -0.2) is 4.98 Å². The van der Waals surface area contributed by atoms with Crippen LogP contribution < -0.4 is 5.32 Å². The summed E-state index contributed by atoms with van der Waals surface area (Å²) in [5, 5.41) is 6.34. The summed E-state index contributed by atoms with van der Waals surface area (Å²) in [6.07, 6.45) is 0. The number of nitrogens with one attached hydrogen (secondary N) is 1. The fourth-order valence-electron chi connectivity index (χ4n) is 3.10. The molecule has 27 heavy (non-hydrogen) atoms. The van der Waals surface area contributed by atoms with E-state index in [4.69, 9.17) is 4.98 Å². The van der Waals surface area contributed by atoms with Crippen molar-refractivity contribution in [2.75, 3.05) is 32.7 Å². The summed E-state index contributed by atoms with van der Waals surface area (Å²) < 4.78 is 0. The number of thiazole rings is 1. The van der Waals surface area contributed by atoms with E-state index in [0.717, 1.165) is 43.4 Å². The van der Waals surface area contributed by atoms with E-state index in [1.807, 2.05) is 18.2 Å². The average molecular weight is 387 g/mol. The molecular formula is C21H30N4OS. The first kappa shape index (κ1) is 20.0. The van der Waals surface area contributed by atoms with Crippen LogP contribution in [-0.2, 0) is 11.3 Å². The van der Waals surface area contributed by atoms with Crippen LogP contribution in [0, 0.1) is 5.92 Å². The zero-order valence-corrected chi connectivity index (χ0v) is 17.3. The first-order chi connectivity index (χ1) is 13.0. The summed E-state index contributed by atoms with van der Waals surface area (Å²) in [5.41, 5.74) is 2.32. The predicted molar refractivity (Wildman–Crippen MR) is 112 cm³/mol. The van der Waals surface area contributed by atoms with Gasteiger partial charge >= 0.3 is 0 Å². The largest absolute Gasteiger partial charge is 0.352 e. The van der Waals surface area contributed by atoms with E-state index in [2.05, 4.69) is 53.4 Å². The van der Waals surface area contributed by atoms with Crippen LogP contribution in [0.3, 0.4) is 0 Å². The lowest BCUT2D eigenvalue weighted by atomic mass is 10.1. The van der Waals surface area contributed by atoms with Gasteiger partial charge < -0.3 is 5.32 Å². The molecule has 6 heteroatoms. The molecule has 1 saturated heterocycles. The Hall–Kier alpha value is -1.76. The summed E-state index contributed by atoms with van der Waals surface area (Å²) in [4.78, 5) is 21.6. The molecule has 0 spiro atoms. The van der Waals surface area contributed by atoms with Crippen molar-refractivity contribution in [3.05, 3.63) is 41.4 Å². The molecule has 1 fully saturated rings. The third-order valence-electron chi connectivity index (χ3n) is 5.18. The van der Waals surface area contributed by atoms with Gasteiger partial charge in [-0.3, -0.25) is 14.6 Å². The third kappa shape index (κ3) is 5.86. The lowest BCUT2D eigenvalue weighted by Crippen LogP contribution is -2.50. The van der Waals surface area contributed by atoms with Crippen LogP contribution in [0.2, 0.25) is 0 Å². The zero-order valence-electron chi connectivity index (χ0n) is 16.5. The van der Waals surface area contributed by atoms with E-state index >= 15 is 0 Å². The van der Waals surface area contributed by atoms with Gasteiger partial charge in [0.1, 0.15) is 5.01 Å². The van der Waals surface area contributed by atoms with Gasteiger partial charge in [0.25, 0.3) is 0 Å². The number of amides is 1. The van der Waals surface area contributed by atoms with Crippen molar-refractivity contribution in [1.29, 1.82) is 0 Å². The number of piperazine rings is 1. The molecule has 5 nitrogen and oxygen atoms in total. The van der Waals surface area contributed by atoms with Crippen LogP contribution in [0.5, 0.6) is 0 Å². The molecule has 1 unspecified atom stereocenters. The summed E-state index contributed by atoms with van der Waals surface area (Å²) in [6, 6.07) is 10.6. The molecule has 0 saturated carbocycles. The van der Waals surface area contributed by atoms with Gasteiger partial charge in [0.15, 0.2) is 0 Å². The van der Waals surface area contributed by atoms with Crippen LogP contribution in [0.4, 0.5) is 0 Å². The number of aromatic nitrogens is 1. The Morgan fingerprint density at radius 3 is 2.44 bits per heavy atom. The van der Waals surface area contributed by atoms with Crippen molar-refractivity contribution in [2.45, 2.75) is 33.4 Å². The highest BCUT2D eigenvalue weighted by Crippen LogP contribution is 2.24. The van der Waals surface area contributed by atoms with Gasteiger partial charge in [-0.15, -0.1) is 11.3 Å². The minimum Gasteiger partial charge on any atom is -0.352 e. The second-order valence-corrected chi connectivity index (χ2v) is 8.52. The van der Waals surface area contributed by atoms with Gasteiger partial charge in [0.2, 0.25) is 5.91 Å². The Bertz CT molecular complexity index is 723. The van der Waals surface area contributed by atoms with E-state index in [9.17, 15) is 4.79 Å². The normalized spacial score (nSPS) is 17.2. The van der Waals surface area contributed by atoms with Crippen LogP contribution in [0.25, 0.3) is 10.6 Å². The predicted octanol–water partition coefficient (Wildman–Crippen LogP) is 3.09. The van der Waals surface area contributed by atoms with Crippen LogP contribution in [-0.4, -0.2) is 59.5 Å². The molecule has 146 valence electrons. The zero-order chi connectivity index (χ0) is 19.2. The number of carbonyl (C=O) groups is 1.